The average molecular weight is 264 g/mol. The molecule has 5 heteroatoms. The largest absolute Gasteiger partial charge is 0.473 e. The molecule has 0 aliphatic carbocycles. The minimum absolute atomic E-state index is 0.0801. The Morgan fingerprint density at radius 3 is 2.74 bits per heavy atom. The number of nitrogens with zero attached hydrogens (tertiary/aromatic N) is 3. The van der Waals surface area contributed by atoms with Crippen LogP contribution in [0.1, 0.15) is 20.8 Å². The van der Waals surface area contributed by atoms with Crippen LogP contribution in [0.15, 0.2) is 12.1 Å². The smallest absolute Gasteiger partial charge is 0.239 e. The fourth-order valence-electron chi connectivity index (χ4n) is 2.19. The molecule has 0 amide bonds. The topological polar surface area (TPSA) is 54.6 Å². The van der Waals surface area contributed by atoms with Crippen LogP contribution in [0.3, 0.4) is 0 Å². The van der Waals surface area contributed by atoms with Gasteiger partial charge in [0.1, 0.15) is 5.82 Å². The summed E-state index contributed by atoms with van der Waals surface area (Å²) in [4.78, 5) is 9.21. The lowest BCUT2D eigenvalue weighted by molar-refractivity contribution is 0.228. The average Bonchev–Trinajstić information content (AvgIpc) is 2.35. The van der Waals surface area contributed by atoms with Gasteiger partial charge in [0.2, 0.25) is 5.88 Å². The van der Waals surface area contributed by atoms with Gasteiger partial charge in [-0.15, -0.1) is 0 Å². The van der Waals surface area contributed by atoms with Crippen molar-refractivity contribution in [3.05, 3.63) is 12.1 Å². The molecule has 0 radical (unpaired) electrons. The highest BCUT2D eigenvalue weighted by Gasteiger charge is 2.22. The molecule has 1 saturated heterocycles. The third-order valence-electron chi connectivity index (χ3n) is 3.51. The van der Waals surface area contributed by atoms with E-state index in [9.17, 15) is 0 Å². The minimum Gasteiger partial charge on any atom is -0.473 e. The molecule has 2 N–H and O–H groups in total. The van der Waals surface area contributed by atoms with Crippen LogP contribution in [0.25, 0.3) is 0 Å². The second-order valence-electron chi connectivity index (χ2n) is 5.51. The lowest BCUT2D eigenvalue weighted by atomic mass is 10.2. The van der Waals surface area contributed by atoms with Gasteiger partial charge in [-0.25, -0.2) is 0 Å². The van der Waals surface area contributed by atoms with Gasteiger partial charge in [0, 0.05) is 25.7 Å². The molecule has 19 heavy (non-hydrogen) atoms. The number of anilines is 2. The van der Waals surface area contributed by atoms with E-state index in [4.69, 9.17) is 10.5 Å². The number of piperazine rings is 1. The maximum absolute atomic E-state index is 5.90. The van der Waals surface area contributed by atoms with Crippen molar-refractivity contribution < 1.29 is 4.74 Å². The SMILES string of the molecule is CC(C)Oc1nc(N2CCN(C)C(C)C2)ccc1N. The molecule has 2 heterocycles. The number of ether oxygens (including phenoxy) is 1. The molecule has 1 aliphatic heterocycles. The number of rotatable bonds is 3. The molecule has 1 unspecified atom stereocenters. The first-order chi connectivity index (χ1) is 8.97. The molecule has 1 atom stereocenters. The first-order valence-electron chi connectivity index (χ1n) is 6.85. The second kappa shape index (κ2) is 5.65. The van der Waals surface area contributed by atoms with E-state index in [-0.39, 0.29) is 6.10 Å². The zero-order chi connectivity index (χ0) is 14.0. The molecule has 2 rings (SSSR count). The molecular weight excluding hydrogens is 240 g/mol. The van der Waals surface area contributed by atoms with E-state index >= 15 is 0 Å². The van der Waals surface area contributed by atoms with Crippen molar-refractivity contribution in [2.45, 2.75) is 32.9 Å². The van der Waals surface area contributed by atoms with Gasteiger partial charge in [-0.05, 0) is 40.0 Å². The Labute approximate surface area is 115 Å². The van der Waals surface area contributed by atoms with Gasteiger partial charge in [0.25, 0.3) is 0 Å². The standard InChI is InChI=1S/C14H24N4O/c1-10(2)19-14-12(15)5-6-13(16-14)18-8-7-17(4)11(3)9-18/h5-6,10-11H,7-9,15H2,1-4H3. The Balaban J connectivity index is 2.16. The van der Waals surface area contributed by atoms with Gasteiger partial charge in [0.05, 0.1) is 11.8 Å². The van der Waals surface area contributed by atoms with Crippen LogP contribution in [0.2, 0.25) is 0 Å². The molecular formula is C14H24N4O. The number of nitrogen functional groups attached to an aromatic ring is 1. The molecule has 0 saturated carbocycles. The molecule has 1 aromatic heterocycles. The number of aromatic nitrogens is 1. The molecule has 1 fully saturated rings. The van der Waals surface area contributed by atoms with Crippen LogP contribution < -0.4 is 15.4 Å². The van der Waals surface area contributed by atoms with E-state index in [1.165, 1.54) is 0 Å². The molecule has 1 aliphatic rings. The third kappa shape index (κ3) is 3.29. The zero-order valence-electron chi connectivity index (χ0n) is 12.3. The van der Waals surface area contributed by atoms with E-state index < -0.39 is 0 Å². The highest BCUT2D eigenvalue weighted by molar-refractivity contribution is 5.54. The third-order valence-corrected chi connectivity index (χ3v) is 3.51. The van der Waals surface area contributed by atoms with Crippen LogP contribution in [-0.4, -0.2) is 48.7 Å². The summed E-state index contributed by atoms with van der Waals surface area (Å²) >= 11 is 0. The second-order valence-corrected chi connectivity index (χ2v) is 5.51. The van der Waals surface area contributed by atoms with Crippen molar-refractivity contribution in [1.82, 2.24) is 9.88 Å². The Morgan fingerprint density at radius 2 is 2.11 bits per heavy atom. The van der Waals surface area contributed by atoms with E-state index in [0.29, 0.717) is 17.6 Å². The van der Waals surface area contributed by atoms with Crippen LogP contribution >= 0.6 is 0 Å². The van der Waals surface area contributed by atoms with Crippen molar-refractivity contribution >= 4 is 11.5 Å². The van der Waals surface area contributed by atoms with Crippen molar-refractivity contribution in [2.24, 2.45) is 0 Å². The Morgan fingerprint density at radius 1 is 1.37 bits per heavy atom. The highest BCUT2D eigenvalue weighted by atomic mass is 16.5. The van der Waals surface area contributed by atoms with Gasteiger partial charge in [-0.3, -0.25) is 0 Å². The Hall–Kier alpha value is -1.49. The van der Waals surface area contributed by atoms with Crippen LogP contribution in [0.5, 0.6) is 5.88 Å². The monoisotopic (exact) mass is 264 g/mol. The fraction of sp³-hybridized carbons (Fsp3) is 0.643. The summed E-state index contributed by atoms with van der Waals surface area (Å²) in [5.41, 5.74) is 6.50. The van der Waals surface area contributed by atoms with Crippen LogP contribution in [0, 0.1) is 0 Å². The predicted molar refractivity (Wildman–Crippen MR) is 78.7 cm³/mol. The van der Waals surface area contributed by atoms with Gasteiger partial charge in [-0.1, -0.05) is 0 Å². The lowest BCUT2D eigenvalue weighted by Gasteiger charge is -2.38. The minimum atomic E-state index is 0.0801. The molecule has 106 valence electrons. The van der Waals surface area contributed by atoms with Gasteiger partial charge in [-0.2, -0.15) is 4.98 Å². The Kier molecular flexibility index (Phi) is 4.14. The van der Waals surface area contributed by atoms with Gasteiger partial charge in [0.15, 0.2) is 0 Å². The van der Waals surface area contributed by atoms with Crippen molar-refractivity contribution in [1.29, 1.82) is 0 Å². The summed E-state index contributed by atoms with van der Waals surface area (Å²) in [5.74, 6) is 1.49. The van der Waals surface area contributed by atoms with Crippen LogP contribution in [0.4, 0.5) is 11.5 Å². The summed E-state index contributed by atoms with van der Waals surface area (Å²) < 4.78 is 5.65. The Bertz CT molecular complexity index is 435. The molecule has 5 nitrogen and oxygen atoms in total. The number of likely N-dealkylation sites (N-methyl/N-ethyl adjacent to an activating group) is 1. The van der Waals surface area contributed by atoms with Crippen molar-refractivity contribution in [2.75, 3.05) is 37.3 Å². The normalized spacial score (nSPS) is 20.9. The number of pyridine rings is 1. The number of nitrogens with two attached hydrogens (primary N) is 1. The summed E-state index contributed by atoms with van der Waals surface area (Å²) in [6.45, 7) is 9.20. The molecule has 0 bridgehead atoms. The number of hydrogen-bond donors (Lipinski definition) is 1. The highest BCUT2D eigenvalue weighted by Crippen LogP contribution is 2.25. The van der Waals surface area contributed by atoms with Crippen molar-refractivity contribution in [3.8, 4) is 5.88 Å². The lowest BCUT2D eigenvalue weighted by Crippen LogP contribution is -2.50. The van der Waals surface area contributed by atoms with Crippen molar-refractivity contribution in [3.63, 3.8) is 0 Å². The molecule has 0 spiro atoms. The van der Waals surface area contributed by atoms with E-state index in [0.717, 1.165) is 25.5 Å². The zero-order valence-corrected chi connectivity index (χ0v) is 12.3. The predicted octanol–water partition coefficient (Wildman–Crippen LogP) is 1.59. The summed E-state index contributed by atoms with van der Waals surface area (Å²) in [6.07, 6.45) is 0.0801. The fourth-order valence-corrected chi connectivity index (χ4v) is 2.19. The first kappa shape index (κ1) is 13.9. The van der Waals surface area contributed by atoms with Gasteiger partial charge >= 0.3 is 0 Å². The van der Waals surface area contributed by atoms with E-state index in [1.807, 2.05) is 26.0 Å². The summed E-state index contributed by atoms with van der Waals surface area (Å²) in [7, 11) is 2.16. The summed E-state index contributed by atoms with van der Waals surface area (Å²) in [5, 5.41) is 0. The van der Waals surface area contributed by atoms with E-state index in [2.05, 4.69) is 28.8 Å². The summed E-state index contributed by atoms with van der Waals surface area (Å²) in [6, 6.07) is 4.38. The van der Waals surface area contributed by atoms with E-state index in [1.54, 1.807) is 0 Å². The molecule has 1 aromatic rings. The van der Waals surface area contributed by atoms with Gasteiger partial charge < -0.3 is 20.3 Å². The quantitative estimate of drug-likeness (QED) is 0.898. The van der Waals surface area contributed by atoms with Crippen LogP contribution in [-0.2, 0) is 0 Å². The number of hydrogen-bond acceptors (Lipinski definition) is 5. The first-order valence-corrected chi connectivity index (χ1v) is 6.85. The maximum Gasteiger partial charge on any atom is 0.239 e. The maximum atomic E-state index is 5.90. The molecule has 0 aromatic carbocycles.